The third-order valence-electron chi connectivity index (χ3n) is 2.82. The Hall–Kier alpha value is -1.49. The maximum absolute atomic E-state index is 5.27. The molecular formula is C14H18BrN3O. The first kappa shape index (κ1) is 13.9. The van der Waals surface area contributed by atoms with E-state index >= 15 is 0 Å². The maximum Gasteiger partial charge on any atom is 0.135 e. The Labute approximate surface area is 121 Å². The maximum atomic E-state index is 5.27. The number of nitrogens with one attached hydrogen (secondary N) is 1. The molecule has 2 rings (SSSR count). The first-order valence-corrected chi connectivity index (χ1v) is 7.01. The smallest absolute Gasteiger partial charge is 0.135 e. The summed E-state index contributed by atoms with van der Waals surface area (Å²) in [6, 6.07) is 8.36. The number of benzene rings is 1. The van der Waals surface area contributed by atoms with Crippen molar-refractivity contribution >= 4 is 21.6 Å². The zero-order valence-corrected chi connectivity index (χ0v) is 12.9. The van der Waals surface area contributed by atoms with Gasteiger partial charge < -0.3 is 10.1 Å². The van der Waals surface area contributed by atoms with Crippen LogP contribution in [0.2, 0.25) is 0 Å². The van der Waals surface area contributed by atoms with Crippen LogP contribution in [0, 0.1) is 0 Å². The summed E-state index contributed by atoms with van der Waals surface area (Å²) < 4.78 is 8.17. The van der Waals surface area contributed by atoms with Gasteiger partial charge in [-0.05, 0) is 48.0 Å². The normalized spacial score (nSPS) is 10.8. The van der Waals surface area contributed by atoms with Gasteiger partial charge in [-0.25, -0.2) is 0 Å². The van der Waals surface area contributed by atoms with Gasteiger partial charge in [-0.15, -0.1) is 0 Å². The van der Waals surface area contributed by atoms with Crippen LogP contribution in [0.4, 0.5) is 5.69 Å². The van der Waals surface area contributed by atoms with Gasteiger partial charge >= 0.3 is 0 Å². The van der Waals surface area contributed by atoms with Gasteiger partial charge in [0.25, 0.3) is 0 Å². The molecule has 0 fully saturated rings. The highest BCUT2D eigenvalue weighted by Gasteiger charge is 2.04. The molecule has 19 heavy (non-hydrogen) atoms. The summed E-state index contributed by atoms with van der Waals surface area (Å²) in [6.45, 7) is 4.93. The fraction of sp³-hybridized carbons (Fsp3) is 0.357. The summed E-state index contributed by atoms with van der Waals surface area (Å²) in [6.07, 6.45) is 2.00. The second kappa shape index (κ2) is 6.10. The van der Waals surface area contributed by atoms with E-state index in [1.54, 1.807) is 7.11 Å². The lowest BCUT2D eigenvalue weighted by molar-refractivity contribution is 0.412. The molecule has 0 spiro atoms. The number of anilines is 1. The lowest BCUT2D eigenvalue weighted by Crippen LogP contribution is -2.04. The number of hydrogen-bond donors (Lipinski definition) is 1. The van der Waals surface area contributed by atoms with E-state index in [1.165, 1.54) is 0 Å². The number of aromatic nitrogens is 2. The molecule has 0 atom stereocenters. The third kappa shape index (κ3) is 3.50. The Bertz CT molecular complexity index is 551. The van der Waals surface area contributed by atoms with Crippen molar-refractivity contribution in [2.45, 2.75) is 26.4 Å². The molecule has 0 amide bonds. The summed E-state index contributed by atoms with van der Waals surface area (Å²) in [5.41, 5.74) is 2.04. The molecule has 1 heterocycles. The van der Waals surface area contributed by atoms with E-state index in [-0.39, 0.29) is 0 Å². The van der Waals surface area contributed by atoms with Crippen LogP contribution >= 0.6 is 15.9 Å². The van der Waals surface area contributed by atoms with Gasteiger partial charge in [0.05, 0.1) is 23.8 Å². The topological polar surface area (TPSA) is 39.1 Å². The molecule has 1 N–H and O–H groups in total. The third-order valence-corrected chi connectivity index (χ3v) is 3.47. The first-order valence-electron chi connectivity index (χ1n) is 6.21. The Morgan fingerprint density at radius 2 is 2.16 bits per heavy atom. The van der Waals surface area contributed by atoms with E-state index in [1.807, 2.05) is 35.1 Å². The molecule has 0 saturated heterocycles. The number of hydrogen-bond acceptors (Lipinski definition) is 3. The molecule has 102 valence electrons. The summed E-state index contributed by atoms with van der Waals surface area (Å²) in [7, 11) is 1.66. The lowest BCUT2D eigenvalue weighted by atomic mass is 10.3. The summed E-state index contributed by atoms with van der Waals surface area (Å²) in [5, 5.41) is 7.84. The number of methoxy groups -OCH3 is 1. The van der Waals surface area contributed by atoms with E-state index < -0.39 is 0 Å². The van der Waals surface area contributed by atoms with Crippen molar-refractivity contribution in [1.82, 2.24) is 9.78 Å². The average molecular weight is 324 g/mol. The van der Waals surface area contributed by atoms with Crippen LogP contribution in [-0.2, 0) is 6.54 Å². The van der Waals surface area contributed by atoms with Crippen LogP contribution in [-0.4, -0.2) is 16.9 Å². The van der Waals surface area contributed by atoms with Crippen molar-refractivity contribution in [1.29, 1.82) is 0 Å². The van der Waals surface area contributed by atoms with Crippen LogP contribution in [0.15, 0.2) is 34.9 Å². The van der Waals surface area contributed by atoms with Gasteiger partial charge in [-0.2, -0.15) is 5.10 Å². The largest absolute Gasteiger partial charge is 0.495 e. The van der Waals surface area contributed by atoms with Crippen molar-refractivity contribution in [2.75, 3.05) is 12.4 Å². The van der Waals surface area contributed by atoms with Crippen LogP contribution < -0.4 is 10.1 Å². The van der Waals surface area contributed by atoms with E-state index in [0.717, 1.165) is 21.6 Å². The Morgan fingerprint density at radius 1 is 1.37 bits per heavy atom. The molecule has 5 heteroatoms. The minimum Gasteiger partial charge on any atom is -0.495 e. The van der Waals surface area contributed by atoms with E-state index in [4.69, 9.17) is 4.74 Å². The molecule has 2 aromatic rings. The fourth-order valence-electron chi connectivity index (χ4n) is 1.72. The standard InChI is InChI=1S/C14H18BrN3O/c1-10(2)18-7-6-12(17-18)9-16-11-4-5-13(15)14(8-11)19-3/h4-8,10,16H,9H2,1-3H3. The molecule has 0 radical (unpaired) electrons. The Morgan fingerprint density at radius 3 is 2.79 bits per heavy atom. The molecule has 4 nitrogen and oxygen atoms in total. The zero-order valence-electron chi connectivity index (χ0n) is 11.4. The molecule has 0 bridgehead atoms. The lowest BCUT2D eigenvalue weighted by Gasteiger charge is -2.08. The van der Waals surface area contributed by atoms with Crippen molar-refractivity contribution < 1.29 is 4.74 Å². The Kier molecular flexibility index (Phi) is 4.47. The highest BCUT2D eigenvalue weighted by molar-refractivity contribution is 9.10. The molecule has 0 saturated carbocycles. The van der Waals surface area contributed by atoms with Crippen LogP contribution in [0.25, 0.3) is 0 Å². The summed E-state index contributed by atoms with van der Waals surface area (Å²) in [5.74, 6) is 0.817. The van der Waals surface area contributed by atoms with Gasteiger partial charge in [0.2, 0.25) is 0 Å². The van der Waals surface area contributed by atoms with Crippen molar-refractivity contribution in [3.05, 3.63) is 40.6 Å². The minimum atomic E-state index is 0.390. The highest BCUT2D eigenvalue weighted by atomic mass is 79.9. The predicted molar refractivity (Wildman–Crippen MR) is 80.6 cm³/mol. The number of rotatable bonds is 5. The molecule has 0 aliphatic rings. The predicted octanol–water partition coefficient (Wildman–Crippen LogP) is 3.85. The quantitative estimate of drug-likeness (QED) is 0.908. The van der Waals surface area contributed by atoms with Crippen LogP contribution in [0.3, 0.4) is 0 Å². The van der Waals surface area contributed by atoms with Gasteiger partial charge in [-0.3, -0.25) is 4.68 Å². The van der Waals surface area contributed by atoms with Gasteiger partial charge in [0.15, 0.2) is 0 Å². The second-order valence-electron chi connectivity index (χ2n) is 4.58. The molecule has 0 aliphatic heterocycles. The van der Waals surface area contributed by atoms with Crippen LogP contribution in [0.1, 0.15) is 25.6 Å². The highest BCUT2D eigenvalue weighted by Crippen LogP contribution is 2.27. The minimum absolute atomic E-state index is 0.390. The summed E-state index contributed by atoms with van der Waals surface area (Å²) >= 11 is 3.44. The number of ether oxygens (including phenoxy) is 1. The summed E-state index contributed by atoms with van der Waals surface area (Å²) in [4.78, 5) is 0. The van der Waals surface area contributed by atoms with Crippen molar-refractivity contribution in [2.24, 2.45) is 0 Å². The monoisotopic (exact) mass is 323 g/mol. The van der Waals surface area contributed by atoms with E-state index in [2.05, 4.69) is 40.2 Å². The average Bonchev–Trinajstić information content (AvgIpc) is 2.87. The first-order chi connectivity index (χ1) is 9.10. The molecule has 1 aromatic carbocycles. The van der Waals surface area contributed by atoms with Crippen LogP contribution in [0.5, 0.6) is 5.75 Å². The number of nitrogens with zero attached hydrogens (tertiary/aromatic N) is 2. The second-order valence-corrected chi connectivity index (χ2v) is 5.44. The van der Waals surface area contributed by atoms with Gasteiger partial charge in [0, 0.05) is 24.0 Å². The van der Waals surface area contributed by atoms with Crippen molar-refractivity contribution in [3.8, 4) is 5.75 Å². The van der Waals surface area contributed by atoms with Crippen molar-refractivity contribution in [3.63, 3.8) is 0 Å². The zero-order chi connectivity index (χ0) is 13.8. The molecule has 0 unspecified atom stereocenters. The van der Waals surface area contributed by atoms with E-state index in [9.17, 15) is 0 Å². The molecular weight excluding hydrogens is 306 g/mol. The molecule has 0 aliphatic carbocycles. The fourth-order valence-corrected chi connectivity index (χ4v) is 2.13. The van der Waals surface area contributed by atoms with Gasteiger partial charge in [-0.1, -0.05) is 0 Å². The SMILES string of the molecule is COc1cc(NCc2ccn(C(C)C)n2)ccc1Br. The van der Waals surface area contributed by atoms with Gasteiger partial charge in [0.1, 0.15) is 5.75 Å². The molecule has 1 aromatic heterocycles. The number of halogens is 1. The Balaban J connectivity index is 2.01. The van der Waals surface area contributed by atoms with E-state index in [0.29, 0.717) is 12.6 Å².